The highest BCUT2D eigenvalue weighted by atomic mass is 32.1. The highest BCUT2D eigenvalue weighted by molar-refractivity contribution is 7.13. The second-order valence-corrected chi connectivity index (χ2v) is 4.54. The maximum Gasteiger partial charge on any atom is 0.222 e. The molecule has 0 saturated heterocycles. The van der Waals surface area contributed by atoms with E-state index in [0.29, 0.717) is 0 Å². The standard InChI is InChI=1S/C12H10N2OS/c1-14-6-9(12-13-11(15)7-16-12)8-4-2-3-5-10(8)14/h2-7,15H,1H3. The van der Waals surface area contributed by atoms with Gasteiger partial charge in [0, 0.05) is 29.7 Å². The summed E-state index contributed by atoms with van der Waals surface area (Å²) in [5, 5.41) is 13.0. The summed E-state index contributed by atoms with van der Waals surface area (Å²) in [6.07, 6.45) is 2.04. The van der Waals surface area contributed by atoms with Gasteiger partial charge in [-0.15, -0.1) is 11.3 Å². The third kappa shape index (κ3) is 1.31. The molecule has 0 bridgehead atoms. The lowest BCUT2D eigenvalue weighted by molar-refractivity contribution is 0.458. The Hall–Kier alpha value is -1.81. The van der Waals surface area contributed by atoms with Crippen molar-refractivity contribution in [3.8, 4) is 16.5 Å². The molecule has 2 aromatic heterocycles. The average molecular weight is 230 g/mol. The van der Waals surface area contributed by atoms with Crippen molar-refractivity contribution in [1.29, 1.82) is 0 Å². The summed E-state index contributed by atoms with van der Waals surface area (Å²) in [4.78, 5) is 4.11. The van der Waals surface area contributed by atoms with Gasteiger partial charge in [-0.2, -0.15) is 0 Å². The van der Waals surface area contributed by atoms with Gasteiger partial charge in [0.2, 0.25) is 5.88 Å². The van der Waals surface area contributed by atoms with Gasteiger partial charge in [-0.3, -0.25) is 0 Å². The average Bonchev–Trinajstić information content (AvgIpc) is 2.84. The van der Waals surface area contributed by atoms with Gasteiger partial charge in [-0.25, -0.2) is 4.98 Å². The zero-order valence-electron chi connectivity index (χ0n) is 8.71. The summed E-state index contributed by atoms with van der Waals surface area (Å²) in [5.41, 5.74) is 2.25. The monoisotopic (exact) mass is 230 g/mol. The van der Waals surface area contributed by atoms with Crippen LogP contribution in [0.1, 0.15) is 0 Å². The minimum absolute atomic E-state index is 0.0907. The molecule has 0 saturated carbocycles. The van der Waals surface area contributed by atoms with Gasteiger partial charge in [0.05, 0.1) is 5.38 Å². The molecule has 80 valence electrons. The van der Waals surface area contributed by atoms with Crippen molar-refractivity contribution in [3.63, 3.8) is 0 Å². The Balaban J connectivity index is 2.32. The topological polar surface area (TPSA) is 38.0 Å². The van der Waals surface area contributed by atoms with E-state index < -0.39 is 0 Å². The normalized spacial score (nSPS) is 11.1. The molecule has 0 unspecified atom stereocenters. The van der Waals surface area contributed by atoms with Crippen LogP contribution in [0, 0.1) is 0 Å². The molecule has 0 spiro atoms. The van der Waals surface area contributed by atoms with E-state index in [-0.39, 0.29) is 5.88 Å². The summed E-state index contributed by atoms with van der Waals surface area (Å²) in [7, 11) is 2.01. The van der Waals surface area contributed by atoms with Gasteiger partial charge >= 0.3 is 0 Å². The molecule has 0 fully saturated rings. The second kappa shape index (κ2) is 3.35. The maximum absolute atomic E-state index is 9.29. The molecule has 3 nitrogen and oxygen atoms in total. The van der Waals surface area contributed by atoms with Crippen molar-refractivity contribution in [3.05, 3.63) is 35.8 Å². The molecule has 16 heavy (non-hydrogen) atoms. The lowest BCUT2D eigenvalue weighted by Crippen LogP contribution is -1.81. The number of hydrogen-bond donors (Lipinski definition) is 1. The molecule has 2 heterocycles. The predicted molar refractivity (Wildman–Crippen MR) is 65.7 cm³/mol. The number of aromatic hydroxyl groups is 1. The number of hydrogen-bond acceptors (Lipinski definition) is 3. The Labute approximate surface area is 96.6 Å². The first-order valence-electron chi connectivity index (χ1n) is 4.94. The van der Waals surface area contributed by atoms with Crippen molar-refractivity contribution < 1.29 is 5.11 Å². The maximum atomic E-state index is 9.29. The van der Waals surface area contributed by atoms with Gasteiger partial charge in [0.25, 0.3) is 0 Å². The molecule has 0 amide bonds. The predicted octanol–water partition coefficient (Wildman–Crippen LogP) is 3.01. The molecule has 0 aliphatic rings. The van der Waals surface area contributed by atoms with E-state index in [0.717, 1.165) is 10.6 Å². The van der Waals surface area contributed by atoms with Gasteiger partial charge in [-0.05, 0) is 6.07 Å². The highest BCUT2D eigenvalue weighted by Crippen LogP contribution is 2.33. The van der Waals surface area contributed by atoms with Gasteiger partial charge in [-0.1, -0.05) is 18.2 Å². The zero-order valence-corrected chi connectivity index (χ0v) is 9.53. The SMILES string of the molecule is Cn1cc(-c2nc(O)cs2)c2ccccc21. The number of fused-ring (bicyclic) bond motifs is 1. The molecular weight excluding hydrogens is 220 g/mol. The van der Waals surface area contributed by atoms with Crippen LogP contribution in [0.5, 0.6) is 5.88 Å². The fraction of sp³-hybridized carbons (Fsp3) is 0.0833. The number of benzene rings is 1. The number of rotatable bonds is 1. The summed E-state index contributed by atoms with van der Waals surface area (Å²) in [5.74, 6) is 0.0907. The number of aryl methyl sites for hydroxylation is 1. The summed E-state index contributed by atoms with van der Waals surface area (Å²) >= 11 is 1.46. The molecular formula is C12H10N2OS. The Morgan fingerprint density at radius 1 is 1.31 bits per heavy atom. The lowest BCUT2D eigenvalue weighted by Gasteiger charge is -1.93. The van der Waals surface area contributed by atoms with Crippen molar-refractivity contribution in [2.75, 3.05) is 0 Å². The van der Waals surface area contributed by atoms with Gasteiger partial charge in [0.1, 0.15) is 5.01 Å². The van der Waals surface area contributed by atoms with Crippen molar-refractivity contribution in [2.45, 2.75) is 0 Å². The first-order valence-corrected chi connectivity index (χ1v) is 5.82. The molecule has 0 aliphatic carbocycles. The van der Waals surface area contributed by atoms with E-state index in [9.17, 15) is 5.11 Å². The number of thiazole rings is 1. The molecule has 1 N–H and O–H groups in total. The molecule has 4 heteroatoms. The van der Waals surface area contributed by atoms with Crippen LogP contribution in [0.25, 0.3) is 21.5 Å². The van der Waals surface area contributed by atoms with E-state index in [4.69, 9.17) is 0 Å². The Morgan fingerprint density at radius 2 is 2.12 bits per heavy atom. The van der Waals surface area contributed by atoms with Gasteiger partial charge in [0.15, 0.2) is 0 Å². The smallest absolute Gasteiger partial charge is 0.222 e. The van der Waals surface area contributed by atoms with E-state index in [1.54, 1.807) is 5.38 Å². The Bertz CT molecular complexity index is 654. The number of aromatic nitrogens is 2. The Kier molecular flexibility index (Phi) is 1.97. The van der Waals surface area contributed by atoms with E-state index in [2.05, 4.69) is 21.7 Å². The minimum atomic E-state index is 0.0907. The van der Waals surface area contributed by atoms with Crippen LogP contribution in [-0.2, 0) is 7.05 Å². The lowest BCUT2D eigenvalue weighted by atomic mass is 10.2. The van der Waals surface area contributed by atoms with Crippen LogP contribution in [-0.4, -0.2) is 14.7 Å². The van der Waals surface area contributed by atoms with Crippen LogP contribution >= 0.6 is 11.3 Å². The number of para-hydroxylation sites is 1. The van der Waals surface area contributed by atoms with Crippen molar-refractivity contribution >= 4 is 22.2 Å². The summed E-state index contributed by atoms with van der Waals surface area (Å²) < 4.78 is 2.07. The molecule has 0 atom stereocenters. The first kappa shape index (κ1) is 9.42. The molecule has 1 aromatic carbocycles. The fourth-order valence-electron chi connectivity index (χ4n) is 1.90. The van der Waals surface area contributed by atoms with E-state index in [1.807, 2.05) is 25.4 Å². The van der Waals surface area contributed by atoms with Crippen LogP contribution in [0.15, 0.2) is 35.8 Å². The van der Waals surface area contributed by atoms with Crippen LogP contribution in [0.3, 0.4) is 0 Å². The molecule has 0 radical (unpaired) electrons. The fourth-order valence-corrected chi connectivity index (χ4v) is 2.61. The van der Waals surface area contributed by atoms with Gasteiger partial charge < -0.3 is 9.67 Å². The van der Waals surface area contributed by atoms with Crippen LogP contribution in [0.4, 0.5) is 0 Å². The molecule has 3 rings (SSSR count). The van der Waals surface area contributed by atoms with Crippen molar-refractivity contribution in [2.24, 2.45) is 7.05 Å². The first-order chi connectivity index (χ1) is 7.75. The third-order valence-electron chi connectivity index (χ3n) is 2.62. The van der Waals surface area contributed by atoms with E-state index >= 15 is 0 Å². The van der Waals surface area contributed by atoms with Crippen LogP contribution in [0.2, 0.25) is 0 Å². The minimum Gasteiger partial charge on any atom is -0.493 e. The van der Waals surface area contributed by atoms with Crippen LogP contribution < -0.4 is 0 Å². The zero-order chi connectivity index (χ0) is 11.1. The highest BCUT2D eigenvalue weighted by Gasteiger charge is 2.11. The Morgan fingerprint density at radius 3 is 2.88 bits per heavy atom. The summed E-state index contributed by atoms with van der Waals surface area (Å²) in [6, 6.07) is 8.18. The summed E-state index contributed by atoms with van der Waals surface area (Å²) in [6.45, 7) is 0. The quantitative estimate of drug-likeness (QED) is 0.697. The molecule has 3 aromatic rings. The second-order valence-electron chi connectivity index (χ2n) is 3.68. The molecule has 0 aliphatic heterocycles. The van der Waals surface area contributed by atoms with E-state index in [1.165, 1.54) is 22.2 Å². The number of nitrogens with zero attached hydrogens (tertiary/aromatic N) is 2. The largest absolute Gasteiger partial charge is 0.493 e. The van der Waals surface area contributed by atoms with Crippen molar-refractivity contribution in [1.82, 2.24) is 9.55 Å². The third-order valence-corrected chi connectivity index (χ3v) is 3.48.